The van der Waals surface area contributed by atoms with Crippen LogP contribution in [0.25, 0.3) is 10.9 Å². The molecular formula is C25H28N2O4S. The second-order valence-electron chi connectivity index (χ2n) is 8.47. The summed E-state index contributed by atoms with van der Waals surface area (Å²) in [5.74, 6) is -0.122. The highest BCUT2D eigenvalue weighted by molar-refractivity contribution is 7.89. The number of amides is 1. The summed E-state index contributed by atoms with van der Waals surface area (Å²) < 4.78 is 31.4. The molecule has 2 aromatic carbocycles. The van der Waals surface area contributed by atoms with E-state index in [1.165, 1.54) is 0 Å². The van der Waals surface area contributed by atoms with Crippen molar-refractivity contribution < 1.29 is 17.9 Å². The van der Waals surface area contributed by atoms with Gasteiger partial charge in [0.2, 0.25) is 15.9 Å². The van der Waals surface area contributed by atoms with Crippen molar-refractivity contribution >= 4 is 26.8 Å². The van der Waals surface area contributed by atoms with Crippen molar-refractivity contribution in [2.45, 2.75) is 44.6 Å². The number of carbonyl (C=O) groups excluding carboxylic acids is 1. The molecule has 1 aliphatic rings. The van der Waals surface area contributed by atoms with Crippen molar-refractivity contribution in [1.82, 2.24) is 9.71 Å². The Morgan fingerprint density at radius 1 is 1.03 bits per heavy atom. The largest absolute Gasteiger partial charge is 0.487 e. The monoisotopic (exact) mass is 452 g/mol. The number of nitrogens with zero attached hydrogens (tertiary/aromatic N) is 1. The van der Waals surface area contributed by atoms with E-state index in [2.05, 4.69) is 9.71 Å². The molecule has 1 aliphatic carbocycles. The van der Waals surface area contributed by atoms with Crippen LogP contribution in [0.15, 0.2) is 60.7 Å². The standard InChI is InChI=1S/C25H28N2O4S/c1-32(29,30)27-25(28)24(19-8-3-2-4-9-19)20-12-15-22(16-13-20)31-17-21-14-11-18-7-5-6-10-23(18)26-21/h5-7,10-16,19,24H,2-4,8-9,17H2,1H3,(H,27,28)/t24-/m1/s1. The summed E-state index contributed by atoms with van der Waals surface area (Å²) in [7, 11) is -3.61. The molecule has 0 unspecified atom stereocenters. The smallest absolute Gasteiger partial charge is 0.241 e. The predicted octanol–water partition coefficient (Wildman–Crippen LogP) is 4.55. The van der Waals surface area contributed by atoms with Gasteiger partial charge in [0.1, 0.15) is 12.4 Å². The molecule has 1 amide bonds. The van der Waals surface area contributed by atoms with Gasteiger partial charge in [-0.1, -0.05) is 55.7 Å². The van der Waals surface area contributed by atoms with Crippen molar-refractivity contribution in [3.05, 3.63) is 71.9 Å². The van der Waals surface area contributed by atoms with Crippen molar-refractivity contribution in [3.63, 3.8) is 0 Å². The zero-order valence-electron chi connectivity index (χ0n) is 18.2. The molecule has 1 N–H and O–H groups in total. The molecule has 32 heavy (non-hydrogen) atoms. The number of benzene rings is 2. The van der Waals surface area contributed by atoms with Crippen molar-refractivity contribution in [3.8, 4) is 5.75 Å². The van der Waals surface area contributed by atoms with Gasteiger partial charge >= 0.3 is 0 Å². The molecule has 1 aromatic heterocycles. The number of sulfonamides is 1. The van der Waals surface area contributed by atoms with E-state index in [1.54, 1.807) is 0 Å². The van der Waals surface area contributed by atoms with Crippen LogP contribution < -0.4 is 9.46 Å². The van der Waals surface area contributed by atoms with Gasteiger partial charge in [-0.25, -0.2) is 13.4 Å². The Morgan fingerprint density at radius 3 is 2.47 bits per heavy atom. The van der Waals surface area contributed by atoms with Gasteiger partial charge in [0.15, 0.2) is 0 Å². The van der Waals surface area contributed by atoms with E-state index >= 15 is 0 Å². The fraction of sp³-hybridized carbons (Fsp3) is 0.360. The molecule has 6 nitrogen and oxygen atoms in total. The highest BCUT2D eigenvalue weighted by atomic mass is 32.2. The van der Waals surface area contributed by atoms with E-state index in [0.717, 1.165) is 60.5 Å². The molecule has 1 atom stereocenters. The summed E-state index contributed by atoms with van der Waals surface area (Å²) in [5.41, 5.74) is 2.57. The molecule has 4 rings (SSSR count). The fourth-order valence-corrected chi connectivity index (χ4v) is 4.96. The topological polar surface area (TPSA) is 85.4 Å². The van der Waals surface area contributed by atoms with Crippen molar-refractivity contribution in [1.29, 1.82) is 0 Å². The first kappa shape index (κ1) is 22.3. The van der Waals surface area contributed by atoms with Crippen LogP contribution in [0.2, 0.25) is 0 Å². The molecule has 3 aromatic rings. The molecule has 0 saturated heterocycles. The molecule has 0 radical (unpaired) electrons. The molecule has 168 valence electrons. The number of nitrogens with one attached hydrogen (secondary N) is 1. The molecule has 7 heteroatoms. The lowest BCUT2D eigenvalue weighted by molar-refractivity contribution is -0.122. The van der Waals surface area contributed by atoms with Crippen LogP contribution in [-0.4, -0.2) is 25.6 Å². The Labute approximate surface area is 189 Å². The minimum absolute atomic E-state index is 0.138. The molecule has 0 aliphatic heterocycles. The number of carbonyl (C=O) groups is 1. The van der Waals surface area contributed by atoms with Crippen molar-refractivity contribution in [2.24, 2.45) is 5.92 Å². The summed E-state index contributed by atoms with van der Waals surface area (Å²) in [6, 6.07) is 19.3. The minimum atomic E-state index is -3.61. The van der Waals surface area contributed by atoms with Crippen LogP contribution in [-0.2, 0) is 21.4 Å². The van der Waals surface area contributed by atoms with Crippen LogP contribution in [0.4, 0.5) is 0 Å². The van der Waals surface area contributed by atoms with E-state index in [9.17, 15) is 13.2 Å². The maximum absolute atomic E-state index is 12.8. The maximum Gasteiger partial charge on any atom is 0.241 e. The SMILES string of the molecule is CS(=O)(=O)NC(=O)[C@@H](c1ccc(OCc2ccc3ccccc3n2)cc1)C1CCCCC1. The highest BCUT2D eigenvalue weighted by Crippen LogP contribution is 2.37. The average molecular weight is 453 g/mol. The number of para-hydroxylation sites is 1. The Bertz CT molecular complexity index is 1190. The van der Waals surface area contributed by atoms with E-state index in [-0.39, 0.29) is 5.92 Å². The second kappa shape index (κ2) is 9.69. The number of hydrogen-bond acceptors (Lipinski definition) is 5. The number of rotatable bonds is 7. The van der Waals surface area contributed by atoms with Gasteiger partial charge in [-0.2, -0.15) is 0 Å². The molecule has 1 heterocycles. The molecule has 0 bridgehead atoms. The van der Waals surface area contributed by atoms with Crippen LogP contribution in [0.1, 0.15) is 49.3 Å². The summed E-state index contributed by atoms with van der Waals surface area (Å²) >= 11 is 0. The lowest BCUT2D eigenvalue weighted by Crippen LogP contribution is -2.37. The summed E-state index contributed by atoms with van der Waals surface area (Å²) in [6.45, 7) is 0.338. The van der Waals surface area contributed by atoms with E-state index < -0.39 is 21.8 Å². The quantitative estimate of drug-likeness (QED) is 0.568. The third-order valence-corrected chi connectivity index (χ3v) is 6.54. The first-order valence-corrected chi connectivity index (χ1v) is 12.9. The number of hydrogen-bond donors (Lipinski definition) is 1. The number of ether oxygens (including phenoxy) is 1. The zero-order chi connectivity index (χ0) is 22.6. The number of pyridine rings is 1. The lowest BCUT2D eigenvalue weighted by atomic mass is 9.76. The average Bonchev–Trinajstić information content (AvgIpc) is 2.78. The number of fused-ring (bicyclic) bond motifs is 1. The third kappa shape index (κ3) is 5.65. The summed E-state index contributed by atoms with van der Waals surface area (Å²) in [6.07, 6.45) is 6.15. The predicted molar refractivity (Wildman–Crippen MR) is 125 cm³/mol. The van der Waals surface area contributed by atoms with E-state index in [1.807, 2.05) is 60.7 Å². The molecule has 0 spiro atoms. The second-order valence-corrected chi connectivity index (χ2v) is 10.2. The normalized spacial score (nSPS) is 15.9. The van der Waals surface area contributed by atoms with Crippen LogP contribution in [0.3, 0.4) is 0 Å². The van der Waals surface area contributed by atoms with Crippen LogP contribution >= 0.6 is 0 Å². The lowest BCUT2D eigenvalue weighted by Gasteiger charge is -2.29. The molecule has 1 saturated carbocycles. The van der Waals surface area contributed by atoms with Gasteiger partial charge in [0, 0.05) is 5.39 Å². The van der Waals surface area contributed by atoms with E-state index in [4.69, 9.17) is 4.74 Å². The van der Waals surface area contributed by atoms with Gasteiger partial charge in [-0.05, 0) is 48.6 Å². The fourth-order valence-electron chi connectivity index (χ4n) is 4.47. The van der Waals surface area contributed by atoms with E-state index in [0.29, 0.717) is 12.4 Å². The Kier molecular flexibility index (Phi) is 6.74. The summed E-state index contributed by atoms with van der Waals surface area (Å²) in [4.78, 5) is 17.5. The first-order chi connectivity index (χ1) is 15.4. The van der Waals surface area contributed by atoms with Gasteiger partial charge in [0.25, 0.3) is 0 Å². The van der Waals surface area contributed by atoms with Gasteiger partial charge in [-0.15, -0.1) is 0 Å². The van der Waals surface area contributed by atoms with Crippen LogP contribution in [0.5, 0.6) is 5.75 Å². The number of aromatic nitrogens is 1. The van der Waals surface area contributed by atoms with Gasteiger partial charge in [-0.3, -0.25) is 9.52 Å². The Hall–Kier alpha value is -2.93. The zero-order valence-corrected chi connectivity index (χ0v) is 19.0. The third-order valence-electron chi connectivity index (χ3n) is 5.97. The Morgan fingerprint density at radius 2 is 1.75 bits per heavy atom. The molecular weight excluding hydrogens is 424 g/mol. The van der Waals surface area contributed by atoms with Gasteiger partial charge in [0.05, 0.1) is 23.4 Å². The maximum atomic E-state index is 12.8. The Balaban J connectivity index is 1.48. The molecule has 1 fully saturated rings. The summed E-state index contributed by atoms with van der Waals surface area (Å²) in [5, 5.41) is 1.08. The minimum Gasteiger partial charge on any atom is -0.487 e. The first-order valence-electron chi connectivity index (χ1n) is 11.0. The van der Waals surface area contributed by atoms with Crippen LogP contribution in [0, 0.1) is 5.92 Å². The van der Waals surface area contributed by atoms with Gasteiger partial charge < -0.3 is 4.74 Å². The van der Waals surface area contributed by atoms with Crippen molar-refractivity contribution in [2.75, 3.05) is 6.26 Å². The highest BCUT2D eigenvalue weighted by Gasteiger charge is 2.32.